The van der Waals surface area contributed by atoms with Gasteiger partial charge in [-0.1, -0.05) is 42.5 Å². The molecule has 0 amide bonds. The van der Waals surface area contributed by atoms with E-state index in [1.165, 1.54) is 41.8 Å². The van der Waals surface area contributed by atoms with Gasteiger partial charge < -0.3 is 5.32 Å². The molecule has 21 heavy (non-hydrogen) atoms. The second kappa shape index (κ2) is 7.04. The van der Waals surface area contributed by atoms with Gasteiger partial charge in [0.1, 0.15) is 0 Å². The van der Waals surface area contributed by atoms with E-state index in [1.807, 2.05) is 11.8 Å². The summed E-state index contributed by atoms with van der Waals surface area (Å²) in [6.45, 7) is 0. The maximum atomic E-state index is 3.75. The Hall–Kier alpha value is -1.41. The van der Waals surface area contributed by atoms with Crippen molar-refractivity contribution in [3.8, 4) is 0 Å². The van der Waals surface area contributed by atoms with Crippen LogP contribution >= 0.6 is 11.8 Å². The van der Waals surface area contributed by atoms with Crippen molar-refractivity contribution in [2.75, 3.05) is 11.6 Å². The molecule has 0 bridgehead atoms. The van der Waals surface area contributed by atoms with Crippen molar-refractivity contribution in [3.05, 3.63) is 60.2 Å². The minimum atomic E-state index is 0.623. The molecule has 3 rings (SSSR count). The molecule has 0 aromatic heterocycles. The quantitative estimate of drug-likeness (QED) is 0.743. The highest BCUT2D eigenvalue weighted by Gasteiger charge is 2.22. The summed E-state index contributed by atoms with van der Waals surface area (Å²) in [6.07, 6.45) is 7.27. The Kier molecular flexibility index (Phi) is 4.87. The Morgan fingerprint density at radius 3 is 2.24 bits per heavy atom. The predicted octanol–water partition coefficient (Wildman–Crippen LogP) is 5.55. The largest absolute Gasteiger partial charge is 0.381 e. The first kappa shape index (κ1) is 14.5. The molecule has 0 aliphatic heterocycles. The molecule has 110 valence electrons. The monoisotopic (exact) mass is 297 g/mol. The minimum absolute atomic E-state index is 0.623. The van der Waals surface area contributed by atoms with Crippen LogP contribution in [0.5, 0.6) is 0 Å². The van der Waals surface area contributed by atoms with Crippen LogP contribution < -0.4 is 5.32 Å². The molecular weight excluding hydrogens is 274 g/mol. The van der Waals surface area contributed by atoms with E-state index < -0.39 is 0 Å². The zero-order valence-corrected chi connectivity index (χ0v) is 13.4. The first-order chi connectivity index (χ1) is 10.4. The van der Waals surface area contributed by atoms with E-state index in [-0.39, 0.29) is 0 Å². The number of hydrogen-bond acceptors (Lipinski definition) is 2. The van der Waals surface area contributed by atoms with Gasteiger partial charge in [-0.2, -0.15) is 0 Å². The van der Waals surface area contributed by atoms with Gasteiger partial charge in [-0.3, -0.25) is 0 Å². The van der Waals surface area contributed by atoms with Crippen LogP contribution in [0.25, 0.3) is 0 Å². The van der Waals surface area contributed by atoms with Gasteiger partial charge in [0.15, 0.2) is 0 Å². The second-order valence-electron chi connectivity index (χ2n) is 5.80. The molecule has 2 aromatic carbocycles. The number of benzene rings is 2. The first-order valence-electron chi connectivity index (χ1n) is 7.81. The molecule has 0 atom stereocenters. The van der Waals surface area contributed by atoms with Crippen LogP contribution in [0.2, 0.25) is 0 Å². The lowest BCUT2D eigenvalue weighted by molar-refractivity contribution is 0.412. The summed E-state index contributed by atoms with van der Waals surface area (Å²) < 4.78 is 0. The van der Waals surface area contributed by atoms with E-state index in [0.29, 0.717) is 6.04 Å². The van der Waals surface area contributed by atoms with Gasteiger partial charge in [-0.15, -0.1) is 11.8 Å². The number of para-hydroxylation sites is 1. The lowest BCUT2D eigenvalue weighted by atomic mass is 9.82. The molecule has 0 heterocycles. The molecule has 0 saturated heterocycles. The van der Waals surface area contributed by atoms with E-state index in [4.69, 9.17) is 0 Å². The Bertz CT molecular complexity index is 559. The molecule has 1 N–H and O–H groups in total. The normalized spacial score (nSPS) is 22.0. The van der Waals surface area contributed by atoms with Crippen LogP contribution in [0.4, 0.5) is 5.69 Å². The van der Waals surface area contributed by atoms with Gasteiger partial charge in [-0.05, 0) is 55.6 Å². The summed E-state index contributed by atoms with van der Waals surface area (Å²) in [5, 5.41) is 3.75. The predicted molar refractivity (Wildman–Crippen MR) is 93.3 cm³/mol. The van der Waals surface area contributed by atoms with E-state index in [9.17, 15) is 0 Å². The average Bonchev–Trinajstić information content (AvgIpc) is 2.57. The van der Waals surface area contributed by atoms with Crippen LogP contribution in [0, 0.1) is 0 Å². The Morgan fingerprint density at radius 1 is 0.857 bits per heavy atom. The second-order valence-corrected chi connectivity index (χ2v) is 6.65. The lowest BCUT2D eigenvalue weighted by Crippen LogP contribution is -2.25. The van der Waals surface area contributed by atoms with Crippen molar-refractivity contribution in [2.45, 2.75) is 42.5 Å². The number of nitrogens with one attached hydrogen (secondary N) is 1. The fraction of sp³-hybridized carbons (Fsp3) is 0.368. The molecule has 1 nitrogen and oxygen atoms in total. The SMILES string of the molecule is CSc1ccccc1NC1CCC(c2ccccc2)CC1. The van der Waals surface area contributed by atoms with Crippen molar-refractivity contribution < 1.29 is 0 Å². The van der Waals surface area contributed by atoms with Gasteiger partial charge in [0, 0.05) is 16.6 Å². The molecule has 1 aliphatic rings. The summed E-state index contributed by atoms with van der Waals surface area (Å²) in [5.41, 5.74) is 2.81. The number of anilines is 1. The molecule has 0 unspecified atom stereocenters. The highest BCUT2D eigenvalue weighted by molar-refractivity contribution is 7.98. The highest BCUT2D eigenvalue weighted by Crippen LogP contribution is 2.35. The van der Waals surface area contributed by atoms with Gasteiger partial charge in [0.25, 0.3) is 0 Å². The van der Waals surface area contributed by atoms with E-state index in [2.05, 4.69) is 66.2 Å². The molecule has 0 radical (unpaired) electrons. The van der Waals surface area contributed by atoms with Crippen LogP contribution in [-0.2, 0) is 0 Å². The zero-order valence-electron chi connectivity index (χ0n) is 12.6. The van der Waals surface area contributed by atoms with Crippen molar-refractivity contribution in [2.24, 2.45) is 0 Å². The first-order valence-corrected chi connectivity index (χ1v) is 9.04. The van der Waals surface area contributed by atoms with E-state index in [0.717, 1.165) is 5.92 Å². The number of thioether (sulfide) groups is 1. The smallest absolute Gasteiger partial charge is 0.0480 e. The van der Waals surface area contributed by atoms with Gasteiger partial charge in [-0.25, -0.2) is 0 Å². The van der Waals surface area contributed by atoms with Crippen LogP contribution in [0.3, 0.4) is 0 Å². The Labute approximate surface area is 132 Å². The summed E-state index contributed by atoms with van der Waals surface area (Å²) in [7, 11) is 0. The number of rotatable bonds is 4. The molecule has 2 heteroatoms. The maximum Gasteiger partial charge on any atom is 0.0480 e. The van der Waals surface area contributed by atoms with Crippen molar-refractivity contribution in [3.63, 3.8) is 0 Å². The molecule has 2 aromatic rings. The van der Waals surface area contributed by atoms with Crippen molar-refractivity contribution in [1.82, 2.24) is 0 Å². The molecule has 1 aliphatic carbocycles. The summed E-state index contributed by atoms with van der Waals surface area (Å²) in [5.74, 6) is 0.750. The fourth-order valence-electron chi connectivity index (χ4n) is 3.28. The topological polar surface area (TPSA) is 12.0 Å². The van der Waals surface area contributed by atoms with E-state index >= 15 is 0 Å². The fourth-order valence-corrected chi connectivity index (χ4v) is 3.84. The van der Waals surface area contributed by atoms with Gasteiger partial charge >= 0.3 is 0 Å². The van der Waals surface area contributed by atoms with Crippen LogP contribution in [0.15, 0.2) is 59.5 Å². The summed E-state index contributed by atoms with van der Waals surface area (Å²) in [4.78, 5) is 1.35. The Balaban J connectivity index is 1.59. The molecular formula is C19H23NS. The van der Waals surface area contributed by atoms with Gasteiger partial charge in [0.2, 0.25) is 0 Å². The van der Waals surface area contributed by atoms with Crippen LogP contribution in [0.1, 0.15) is 37.2 Å². The maximum absolute atomic E-state index is 3.75. The Morgan fingerprint density at radius 2 is 1.52 bits per heavy atom. The zero-order chi connectivity index (χ0) is 14.5. The highest BCUT2D eigenvalue weighted by atomic mass is 32.2. The molecule has 1 fully saturated rings. The molecule has 0 spiro atoms. The average molecular weight is 297 g/mol. The van der Waals surface area contributed by atoms with E-state index in [1.54, 1.807) is 0 Å². The minimum Gasteiger partial charge on any atom is -0.381 e. The van der Waals surface area contributed by atoms with Gasteiger partial charge in [0.05, 0.1) is 0 Å². The van der Waals surface area contributed by atoms with Crippen molar-refractivity contribution >= 4 is 17.4 Å². The molecule has 1 saturated carbocycles. The summed E-state index contributed by atoms with van der Waals surface area (Å²) >= 11 is 1.82. The summed E-state index contributed by atoms with van der Waals surface area (Å²) in [6, 6.07) is 20.2. The number of hydrogen-bond donors (Lipinski definition) is 1. The lowest BCUT2D eigenvalue weighted by Gasteiger charge is -2.30. The standard InChI is InChI=1S/C19H23NS/c1-21-19-10-6-5-9-18(19)20-17-13-11-16(12-14-17)15-7-3-2-4-8-15/h2-10,16-17,20H,11-14H2,1H3. The third kappa shape index (κ3) is 3.62. The van der Waals surface area contributed by atoms with Crippen LogP contribution in [-0.4, -0.2) is 12.3 Å². The third-order valence-corrected chi connectivity index (χ3v) is 5.26. The third-order valence-electron chi connectivity index (χ3n) is 4.46. The van der Waals surface area contributed by atoms with Crippen molar-refractivity contribution in [1.29, 1.82) is 0 Å².